The molecule has 0 aliphatic carbocycles. The van der Waals surface area contributed by atoms with Crippen molar-refractivity contribution in [3.05, 3.63) is 59.1 Å². The summed E-state index contributed by atoms with van der Waals surface area (Å²) in [6.45, 7) is 2.36. The van der Waals surface area contributed by atoms with Gasteiger partial charge in [-0.3, -0.25) is 0 Å². The van der Waals surface area contributed by atoms with Crippen LogP contribution in [0.3, 0.4) is 0 Å². The van der Waals surface area contributed by atoms with Crippen molar-refractivity contribution in [2.24, 2.45) is 0 Å². The highest BCUT2D eigenvalue weighted by Gasteiger charge is 2.14. The van der Waals surface area contributed by atoms with Crippen LogP contribution < -0.4 is 14.8 Å². The Morgan fingerprint density at radius 1 is 0.957 bits per heavy atom. The topological polar surface area (TPSA) is 30.5 Å². The molecule has 0 spiro atoms. The maximum Gasteiger partial charge on any atom is 0.120 e. The summed E-state index contributed by atoms with van der Waals surface area (Å²) in [7, 11) is 0. The highest BCUT2D eigenvalue weighted by atomic mass is 35.5. The first-order valence-electron chi connectivity index (χ1n) is 7.63. The average Bonchev–Trinajstić information content (AvgIpc) is 3.07. The van der Waals surface area contributed by atoms with Gasteiger partial charge in [-0.05, 0) is 61.3 Å². The fraction of sp³-hybridized carbons (Fsp3) is 0.333. The van der Waals surface area contributed by atoms with E-state index in [-0.39, 0.29) is 12.4 Å². The van der Waals surface area contributed by atoms with Crippen LogP contribution in [0.2, 0.25) is 5.02 Å². The monoisotopic (exact) mass is 353 g/mol. The van der Waals surface area contributed by atoms with Crippen LogP contribution in [0.1, 0.15) is 18.4 Å². The summed E-state index contributed by atoms with van der Waals surface area (Å²) in [5.74, 6) is 1.72. The Hall–Kier alpha value is -1.42. The Labute approximate surface area is 148 Å². The molecule has 3 nitrogen and oxygen atoms in total. The summed E-state index contributed by atoms with van der Waals surface area (Å²) < 4.78 is 11.5. The van der Waals surface area contributed by atoms with Crippen molar-refractivity contribution in [1.82, 2.24) is 5.32 Å². The standard InChI is InChI=1S/C18H20ClNO2.ClH/c19-15-5-3-14(4-6-15)12-21-17-7-9-18(10-8-17)22-13-16-2-1-11-20-16;/h3-10,16,20H,1-2,11-13H2;1H. The third kappa shape index (κ3) is 5.61. The van der Waals surface area contributed by atoms with Gasteiger partial charge in [-0.15, -0.1) is 12.4 Å². The summed E-state index contributed by atoms with van der Waals surface area (Å²) in [5.41, 5.74) is 1.09. The van der Waals surface area contributed by atoms with Gasteiger partial charge in [0.05, 0.1) is 0 Å². The summed E-state index contributed by atoms with van der Waals surface area (Å²) in [6, 6.07) is 15.9. The van der Waals surface area contributed by atoms with E-state index in [4.69, 9.17) is 21.1 Å². The van der Waals surface area contributed by atoms with E-state index in [2.05, 4.69) is 5.32 Å². The van der Waals surface area contributed by atoms with E-state index in [9.17, 15) is 0 Å². The highest BCUT2D eigenvalue weighted by Crippen LogP contribution is 2.20. The van der Waals surface area contributed by atoms with E-state index in [1.165, 1.54) is 12.8 Å². The molecular weight excluding hydrogens is 333 g/mol. The molecule has 1 aliphatic rings. The zero-order chi connectivity index (χ0) is 15.2. The predicted octanol–water partition coefficient (Wildman–Crippen LogP) is 4.47. The van der Waals surface area contributed by atoms with Crippen LogP contribution in [0.15, 0.2) is 48.5 Å². The van der Waals surface area contributed by atoms with Crippen molar-refractivity contribution in [2.75, 3.05) is 13.2 Å². The summed E-state index contributed by atoms with van der Waals surface area (Å²) in [6.07, 6.45) is 2.44. The Morgan fingerprint density at radius 3 is 2.22 bits per heavy atom. The van der Waals surface area contributed by atoms with Gasteiger partial charge in [0.15, 0.2) is 0 Å². The van der Waals surface area contributed by atoms with Gasteiger partial charge >= 0.3 is 0 Å². The molecule has 1 atom stereocenters. The number of halogens is 2. The van der Waals surface area contributed by atoms with Crippen molar-refractivity contribution in [3.63, 3.8) is 0 Å². The number of ether oxygens (including phenoxy) is 2. The van der Waals surface area contributed by atoms with Crippen LogP contribution in [-0.4, -0.2) is 19.2 Å². The van der Waals surface area contributed by atoms with E-state index < -0.39 is 0 Å². The minimum atomic E-state index is 0. The van der Waals surface area contributed by atoms with E-state index in [0.717, 1.165) is 35.2 Å². The van der Waals surface area contributed by atoms with Gasteiger partial charge in [0.25, 0.3) is 0 Å². The molecule has 0 aromatic heterocycles. The zero-order valence-electron chi connectivity index (χ0n) is 12.8. The van der Waals surface area contributed by atoms with Crippen LogP contribution in [0.4, 0.5) is 0 Å². The lowest BCUT2D eigenvalue weighted by molar-refractivity contribution is 0.275. The molecule has 1 N–H and O–H groups in total. The fourth-order valence-corrected chi connectivity index (χ4v) is 2.60. The van der Waals surface area contributed by atoms with Crippen molar-refractivity contribution >= 4 is 24.0 Å². The number of hydrogen-bond acceptors (Lipinski definition) is 3. The first kappa shape index (κ1) is 17.9. The molecule has 2 aromatic carbocycles. The van der Waals surface area contributed by atoms with Gasteiger partial charge < -0.3 is 14.8 Å². The van der Waals surface area contributed by atoms with Crippen LogP contribution in [0, 0.1) is 0 Å². The van der Waals surface area contributed by atoms with E-state index >= 15 is 0 Å². The third-order valence-electron chi connectivity index (χ3n) is 3.76. The number of hydrogen-bond donors (Lipinski definition) is 1. The molecule has 23 heavy (non-hydrogen) atoms. The molecule has 1 aliphatic heterocycles. The predicted molar refractivity (Wildman–Crippen MR) is 96.0 cm³/mol. The number of rotatable bonds is 6. The van der Waals surface area contributed by atoms with Gasteiger partial charge in [-0.25, -0.2) is 0 Å². The summed E-state index contributed by atoms with van der Waals surface area (Å²) >= 11 is 5.86. The lowest BCUT2D eigenvalue weighted by atomic mass is 10.2. The molecule has 1 unspecified atom stereocenters. The van der Waals surface area contributed by atoms with Crippen molar-refractivity contribution in [1.29, 1.82) is 0 Å². The van der Waals surface area contributed by atoms with Crippen molar-refractivity contribution in [2.45, 2.75) is 25.5 Å². The van der Waals surface area contributed by atoms with Crippen molar-refractivity contribution < 1.29 is 9.47 Å². The normalized spacial score (nSPS) is 16.7. The Bertz CT molecular complexity index is 581. The summed E-state index contributed by atoms with van der Waals surface area (Å²) in [4.78, 5) is 0. The highest BCUT2D eigenvalue weighted by molar-refractivity contribution is 6.30. The molecule has 1 saturated heterocycles. The number of nitrogens with one attached hydrogen (secondary N) is 1. The van der Waals surface area contributed by atoms with Crippen molar-refractivity contribution in [3.8, 4) is 11.5 Å². The fourth-order valence-electron chi connectivity index (χ4n) is 2.48. The second-order valence-electron chi connectivity index (χ2n) is 5.49. The van der Waals surface area contributed by atoms with Gasteiger partial charge in [-0.1, -0.05) is 23.7 Å². The zero-order valence-corrected chi connectivity index (χ0v) is 14.4. The minimum Gasteiger partial charge on any atom is -0.492 e. The quantitative estimate of drug-likeness (QED) is 0.830. The molecule has 124 valence electrons. The number of benzene rings is 2. The molecule has 0 bridgehead atoms. The van der Waals surface area contributed by atoms with E-state index in [1.54, 1.807) is 0 Å². The van der Waals surface area contributed by atoms with Gasteiger partial charge in [0, 0.05) is 11.1 Å². The van der Waals surface area contributed by atoms with Gasteiger partial charge in [0.2, 0.25) is 0 Å². The molecule has 0 amide bonds. The molecule has 3 rings (SSSR count). The Kier molecular flexibility index (Phi) is 7.03. The van der Waals surface area contributed by atoms with Crippen LogP contribution in [-0.2, 0) is 6.61 Å². The van der Waals surface area contributed by atoms with Crippen LogP contribution >= 0.6 is 24.0 Å². The molecule has 1 heterocycles. The van der Waals surface area contributed by atoms with Gasteiger partial charge in [-0.2, -0.15) is 0 Å². The SMILES string of the molecule is Cl.Clc1ccc(COc2ccc(OCC3CCCN3)cc2)cc1. The molecule has 2 aromatic rings. The first-order chi connectivity index (χ1) is 10.8. The second kappa shape index (κ2) is 9.02. The largest absolute Gasteiger partial charge is 0.492 e. The average molecular weight is 354 g/mol. The smallest absolute Gasteiger partial charge is 0.120 e. The molecule has 5 heteroatoms. The lowest BCUT2D eigenvalue weighted by Gasteiger charge is -2.12. The Balaban J connectivity index is 0.00000192. The molecule has 0 radical (unpaired) electrons. The van der Waals surface area contributed by atoms with Crippen LogP contribution in [0.25, 0.3) is 0 Å². The van der Waals surface area contributed by atoms with E-state index in [1.807, 2.05) is 48.5 Å². The van der Waals surface area contributed by atoms with E-state index in [0.29, 0.717) is 12.6 Å². The second-order valence-corrected chi connectivity index (χ2v) is 5.93. The first-order valence-corrected chi connectivity index (χ1v) is 8.01. The lowest BCUT2D eigenvalue weighted by Crippen LogP contribution is -2.28. The summed E-state index contributed by atoms with van der Waals surface area (Å²) in [5, 5.41) is 4.16. The third-order valence-corrected chi connectivity index (χ3v) is 4.01. The van der Waals surface area contributed by atoms with Gasteiger partial charge in [0.1, 0.15) is 24.7 Å². The Morgan fingerprint density at radius 2 is 1.61 bits per heavy atom. The molecular formula is C18H21Cl2NO2. The van der Waals surface area contributed by atoms with Crippen LogP contribution in [0.5, 0.6) is 11.5 Å². The molecule has 1 fully saturated rings. The maximum atomic E-state index is 5.86. The minimum absolute atomic E-state index is 0. The maximum absolute atomic E-state index is 5.86. The molecule has 0 saturated carbocycles.